The molecule has 0 aliphatic heterocycles. The first kappa shape index (κ1) is 15.7. The van der Waals surface area contributed by atoms with Crippen molar-refractivity contribution >= 4 is 5.91 Å². The Bertz CT molecular complexity index is 352. The second-order valence-corrected chi connectivity index (χ2v) is 4.66. The van der Waals surface area contributed by atoms with Gasteiger partial charge >= 0.3 is 0 Å². The Morgan fingerprint density at radius 3 is 2.79 bits per heavy atom. The zero-order chi connectivity index (χ0) is 14.1. The Balaban J connectivity index is 2.30. The van der Waals surface area contributed by atoms with E-state index in [9.17, 15) is 4.79 Å². The van der Waals surface area contributed by atoms with Crippen LogP contribution in [0, 0.1) is 0 Å². The molecule has 1 aromatic heterocycles. The molecule has 0 bridgehead atoms. The molecule has 0 atom stereocenters. The van der Waals surface area contributed by atoms with Crippen molar-refractivity contribution in [1.82, 2.24) is 9.80 Å². The normalized spacial score (nSPS) is 10.9. The maximum absolute atomic E-state index is 11.9. The van der Waals surface area contributed by atoms with Crippen molar-refractivity contribution in [1.29, 1.82) is 0 Å². The molecule has 19 heavy (non-hydrogen) atoms. The molecule has 0 aromatic carbocycles. The minimum absolute atomic E-state index is 0.173. The van der Waals surface area contributed by atoms with Crippen molar-refractivity contribution in [2.24, 2.45) is 5.73 Å². The van der Waals surface area contributed by atoms with Crippen molar-refractivity contribution in [2.45, 2.75) is 26.3 Å². The summed E-state index contributed by atoms with van der Waals surface area (Å²) < 4.78 is 5.32. The predicted octanol–water partition coefficient (Wildman–Crippen LogP) is 1.30. The van der Waals surface area contributed by atoms with Gasteiger partial charge in [0.2, 0.25) is 5.91 Å². The number of hydrogen-bond acceptors (Lipinski definition) is 4. The van der Waals surface area contributed by atoms with Gasteiger partial charge in [-0.3, -0.25) is 9.69 Å². The molecule has 108 valence electrons. The SMILES string of the molecule is CCN(CCC(=O)N(C)CCCN)Cc1ccco1. The third-order valence-corrected chi connectivity index (χ3v) is 3.17. The van der Waals surface area contributed by atoms with Gasteiger partial charge < -0.3 is 15.1 Å². The van der Waals surface area contributed by atoms with Crippen LogP contribution < -0.4 is 5.73 Å². The predicted molar refractivity (Wildman–Crippen MR) is 75.6 cm³/mol. The number of nitrogens with two attached hydrogens (primary N) is 1. The van der Waals surface area contributed by atoms with Gasteiger partial charge in [0.05, 0.1) is 12.8 Å². The summed E-state index contributed by atoms with van der Waals surface area (Å²) in [5.41, 5.74) is 5.44. The van der Waals surface area contributed by atoms with Crippen molar-refractivity contribution in [3.05, 3.63) is 24.2 Å². The smallest absolute Gasteiger partial charge is 0.223 e. The van der Waals surface area contributed by atoms with Crippen LogP contribution in [0.5, 0.6) is 0 Å². The standard InChI is InChI=1S/C14H25N3O2/c1-3-17(12-13-6-4-11-19-13)10-7-14(18)16(2)9-5-8-15/h4,6,11H,3,5,7-10,12,15H2,1-2H3. The first-order valence-electron chi connectivity index (χ1n) is 6.86. The van der Waals surface area contributed by atoms with Crippen molar-refractivity contribution in [2.75, 3.05) is 33.2 Å². The Morgan fingerprint density at radius 1 is 1.42 bits per heavy atom. The van der Waals surface area contributed by atoms with E-state index in [1.54, 1.807) is 11.2 Å². The molecule has 0 unspecified atom stereocenters. The third-order valence-electron chi connectivity index (χ3n) is 3.17. The number of carbonyl (C=O) groups excluding carboxylic acids is 1. The molecule has 1 rings (SSSR count). The quantitative estimate of drug-likeness (QED) is 0.732. The topological polar surface area (TPSA) is 62.7 Å². The molecule has 1 amide bonds. The van der Waals surface area contributed by atoms with Crippen molar-refractivity contribution in [3.8, 4) is 0 Å². The number of amides is 1. The highest BCUT2D eigenvalue weighted by Gasteiger charge is 2.11. The zero-order valence-electron chi connectivity index (χ0n) is 12.0. The van der Waals surface area contributed by atoms with Gasteiger partial charge in [-0.25, -0.2) is 0 Å². The van der Waals surface area contributed by atoms with Crippen LogP contribution in [0.4, 0.5) is 0 Å². The van der Waals surface area contributed by atoms with Crippen LogP contribution in [0.1, 0.15) is 25.5 Å². The lowest BCUT2D eigenvalue weighted by Crippen LogP contribution is -2.33. The first-order valence-corrected chi connectivity index (χ1v) is 6.86. The molecule has 2 N–H and O–H groups in total. The van der Waals surface area contributed by atoms with Gasteiger partial charge in [0, 0.05) is 26.6 Å². The molecule has 5 nitrogen and oxygen atoms in total. The van der Waals surface area contributed by atoms with Gasteiger partial charge in [0.25, 0.3) is 0 Å². The molecular formula is C14H25N3O2. The Labute approximate surface area is 115 Å². The van der Waals surface area contributed by atoms with Crippen LogP contribution in [0.25, 0.3) is 0 Å². The van der Waals surface area contributed by atoms with Crippen LogP contribution in [0.3, 0.4) is 0 Å². The molecule has 0 fully saturated rings. The summed E-state index contributed by atoms with van der Waals surface area (Å²) in [7, 11) is 1.83. The second kappa shape index (κ2) is 8.72. The first-order chi connectivity index (χ1) is 9.17. The van der Waals surface area contributed by atoms with Crippen molar-refractivity contribution < 1.29 is 9.21 Å². The van der Waals surface area contributed by atoms with E-state index in [4.69, 9.17) is 10.2 Å². The summed E-state index contributed by atoms with van der Waals surface area (Å²) in [5.74, 6) is 1.11. The van der Waals surface area contributed by atoms with Crippen LogP contribution in [-0.2, 0) is 11.3 Å². The summed E-state index contributed by atoms with van der Waals surface area (Å²) in [6.07, 6.45) is 3.07. The van der Waals surface area contributed by atoms with E-state index in [0.717, 1.165) is 38.4 Å². The van der Waals surface area contributed by atoms with Crippen LogP contribution in [0.15, 0.2) is 22.8 Å². The van der Waals surface area contributed by atoms with Gasteiger partial charge in [-0.05, 0) is 31.6 Å². The average Bonchev–Trinajstić information content (AvgIpc) is 2.93. The fourth-order valence-corrected chi connectivity index (χ4v) is 1.87. The van der Waals surface area contributed by atoms with Gasteiger partial charge in [0.1, 0.15) is 5.76 Å². The molecule has 0 saturated carbocycles. The highest BCUT2D eigenvalue weighted by molar-refractivity contribution is 5.76. The summed E-state index contributed by atoms with van der Waals surface area (Å²) in [6.45, 7) is 5.86. The molecular weight excluding hydrogens is 242 g/mol. The average molecular weight is 267 g/mol. The lowest BCUT2D eigenvalue weighted by molar-refractivity contribution is -0.130. The zero-order valence-corrected chi connectivity index (χ0v) is 12.0. The van der Waals surface area contributed by atoms with Gasteiger partial charge in [-0.15, -0.1) is 0 Å². The largest absolute Gasteiger partial charge is 0.468 e. The fraction of sp³-hybridized carbons (Fsp3) is 0.643. The van der Waals surface area contributed by atoms with E-state index in [0.29, 0.717) is 13.0 Å². The van der Waals surface area contributed by atoms with Crippen LogP contribution >= 0.6 is 0 Å². The van der Waals surface area contributed by atoms with Gasteiger partial charge in [-0.2, -0.15) is 0 Å². The van der Waals surface area contributed by atoms with E-state index in [2.05, 4.69) is 11.8 Å². The van der Waals surface area contributed by atoms with Crippen molar-refractivity contribution in [3.63, 3.8) is 0 Å². The number of nitrogens with zero attached hydrogens (tertiary/aromatic N) is 2. The molecule has 1 heterocycles. The Hall–Kier alpha value is -1.33. The molecule has 5 heteroatoms. The van der Waals surface area contributed by atoms with E-state index < -0.39 is 0 Å². The Kier molecular flexibility index (Phi) is 7.22. The highest BCUT2D eigenvalue weighted by atomic mass is 16.3. The van der Waals surface area contributed by atoms with Crippen LogP contribution in [0.2, 0.25) is 0 Å². The molecule has 0 spiro atoms. The number of furan rings is 1. The summed E-state index contributed by atoms with van der Waals surface area (Å²) in [6, 6.07) is 3.84. The second-order valence-electron chi connectivity index (χ2n) is 4.66. The Morgan fingerprint density at radius 2 is 2.21 bits per heavy atom. The summed E-state index contributed by atoms with van der Waals surface area (Å²) in [4.78, 5) is 15.9. The minimum atomic E-state index is 0.173. The monoisotopic (exact) mass is 267 g/mol. The highest BCUT2D eigenvalue weighted by Crippen LogP contribution is 2.06. The van der Waals surface area contributed by atoms with E-state index in [1.165, 1.54) is 0 Å². The van der Waals surface area contributed by atoms with Crippen LogP contribution in [-0.4, -0.2) is 48.9 Å². The molecule has 0 saturated heterocycles. The molecule has 0 aliphatic rings. The van der Waals surface area contributed by atoms with Gasteiger partial charge in [-0.1, -0.05) is 6.92 Å². The summed E-state index contributed by atoms with van der Waals surface area (Å²) >= 11 is 0. The maximum atomic E-state index is 11.9. The fourth-order valence-electron chi connectivity index (χ4n) is 1.87. The number of hydrogen-bond donors (Lipinski definition) is 1. The van der Waals surface area contributed by atoms with E-state index in [-0.39, 0.29) is 5.91 Å². The lowest BCUT2D eigenvalue weighted by atomic mass is 10.3. The molecule has 0 aliphatic carbocycles. The number of rotatable bonds is 9. The van der Waals surface area contributed by atoms with Gasteiger partial charge in [0.15, 0.2) is 0 Å². The summed E-state index contributed by atoms with van der Waals surface area (Å²) in [5, 5.41) is 0. The maximum Gasteiger partial charge on any atom is 0.223 e. The number of carbonyl (C=O) groups is 1. The molecule has 1 aromatic rings. The minimum Gasteiger partial charge on any atom is -0.468 e. The molecule has 0 radical (unpaired) electrons. The van der Waals surface area contributed by atoms with E-state index in [1.807, 2.05) is 19.2 Å². The lowest BCUT2D eigenvalue weighted by Gasteiger charge is -2.21. The third kappa shape index (κ3) is 5.89. The van der Waals surface area contributed by atoms with E-state index >= 15 is 0 Å².